The number of aliphatic hydroxyl groups excluding tert-OH is 2. The summed E-state index contributed by atoms with van der Waals surface area (Å²) in [5.74, 6) is -9.11. The summed E-state index contributed by atoms with van der Waals surface area (Å²) >= 11 is 0. The molecular weight excluding hydrogens is 913 g/mol. The van der Waals surface area contributed by atoms with Crippen LogP contribution in [0.15, 0.2) is 60.8 Å². The number of likely N-dealkylation sites (tertiary alicyclic amines) is 1. The van der Waals surface area contributed by atoms with Crippen molar-refractivity contribution in [3.05, 3.63) is 71.9 Å². The molecule has 5 rings (SSSR count). The largest absolute Gasteiger partial charge is 0.481 e. The van der Waals surface area contributed by atoms with Gasteiger partial charge in [0.1, 0.15) is 48.3 Å². The molecule has 70 heavy (non-hydrogen) atoms. The number of carboxylic acid groups (broad SMARTS) is 1. The number of aromatic amines is 1. The second-order valence-corrected chi connectivity index (χ2v) is 17.9. The first kappa shape index (κ1) is 53.6. The molecule has 0 bridgehead atoms. The maximum Gasteiger partial charge on any atom is 0.305 e. The van der Waals surface area contributed by atoms with Crippen molar-refractivity contribution in [3.63, 3.8) is 0 Å². The van der Waals surface area contributed by atoms with Gasteiger partial charge in [-0.3, -0.25) is 47.9 Å². The van der Waals surface area contributed by atoms with Crippen LogP contribution >= 0.6 is 0 Å². The molecule has 9 atom stereocenters. The second-order valence-electron chi connectivity index (χ2n) is 17.9. The van der Waals surface area contributed by atoms with Gasteiger partial charge in [0, 0.05) is 42.9 Å². The Morgan fingerprint density at radius 2 is 1.37 bits per heavy atom. The van der Waals surface area contributed by atoms with Crippen molar-refractivity contribution in [2.45, 2.75) is 127 Å². The first-order valence-corrected chi connectivity index (χ1v) is 23.1. The molecule has 2 aliphatic rings. The van der Waals surface area contributed by atoms with E-state index in [9.17, 15) is 63.3 Å². The Hall–Kier alpha value is -7.40. The van der Waals surface area contributed by atoms with E-state index >= 15 is 0 Å². The maximum atomic E-state index is 14.1. The number of aliphatic carboxylic acids is 1. The normalized spacial score (nSPS) is 18.5. The lowest BCUT2D eigenvalue weighted by Gasteiger charge is -2.30. The second kappa shape index (κ2) is 24.8. The van der Waals surface area contributed by atoms with Crippen molar-refractivity contribution in [2.75, 3.05) is 13.2 Å². The number of nitrogens with zero attached hydrogens (tertiary/aromatic N) is 1. The van der Waals surface area contributed by atoms with Crippen LogP contribution in [0.25, 0.3) is 10.9 Å². The zero-order chi connectivity index (χ0) is 51.2. The number of nitrogens with two attached hydrogens (primary N) is 1. The summed E-state index contributed by atoms with van der Waals surface area (Å²) in [5, 5.41) is 49.0. The first-order valence-electron chi connectivity index (χ1n) is 23.1. The summed E-state index contributed by atoms with van der Waals surface area (Å²) in [6, 6.07) is 4.39. The van der Waals surface area contributed by atoms with Gasteiger partial charge < -0.3 is 68.2 Å². The molecule has 0 radical (unpaired) electrons. The minimum atomic E-state index is -1.72. The Labute approximate surface area is 402 Å². The van der Waals surface area contributed by atoms with Crippen molar-refractivity contribution in [1.82, 2.24) is 47.1 Å². The van der Waals surface area contributed by atoms with Crippen molar-refractivity contribution < 1.29 is 63.3 Å². The van der Waals surface area contributed by atoms with Crippen LogP contribution in [0.5, 0.6) is 0 Å². The van der Waals surface area contributed by atoms with E-state index in [4.69, 9.17) is 5.73 Å². The molecule has 2 aliphatic heterocycles. The summed E-state index contributed by atoms with van der Waals surface area (Å²) in [5.41, 5.74) is 7.57. The number of benzene rings is 2. The lowest BCUT2D eigenvalue weighted by molar-refractivity contribution is -0.144. The summed E-state index contributed by atoms with van der Waals surface area (Å²) in [6.45, 7) is 3.81. The number of para-hydroxylation sites is 1. The van der Waals surface area contributed by atoms with Crippen LogP contribution in [0.4, 0.5) is 0 Å². The number of primary amides is 1. The zero-order valence-electron chi connectivity index (χ0n) is 39.1. The van der Waals surface area contributed by atoms with Crippen LogP contribution in [0.1, 0.15) is 70.4 Å². The standard InChI is InChI=1S/C47H62N10O13/c1-24(2)18-32(52-41(64)30-15-16-37(60)50-30)44(67)56-39(25(3)59)46(69)54-33(19-26-10-5-4-6-11-26)42(65)55-35(23-58)47(70)57-17-9-14-36(57)45(68)53-34(21-38(61)62)43(66)51-31(40(48)63)20-27-22-49-29-13-8-7-12-28(27)29/h4-8,10-13,22,24-25,30-36,39,49,58-59H,9,14-21,23H2,1-3H3,(H2,48,63)(H,50,60)(H,51,66)(H,52,64)(H,53,68)(H,54,69)(H,55,65)(H,56,67)(H,61,62). The van der Waals surface area contributed by atoms with Crippen molar-refractivity contribution in [3.8, 4) is 0 Å². The van der Waals surface area contributed by atoms with Crippen molar-refractivity contribution in [1.29, 1.82) is 0 Å². The van der Waals surface area contributed by atoms with E-state index in [2.05, 4.69) is 42.2 Å². The van der Waals surface area contributed by atoms with Crippen LogP contribution in [0.2, 0.25) is 0 Å². The number of rotatable bonds is 24. The van der Waals surface area contributed by atoms with Gasteiger partial charge in [-0.05, 0) is 55.7 Å². The number of carbonyl (C=O) groups is 10. The van der Waals surface area contributed by atoms with Gasteiger partial charge in [-0.1, -0.05) is 62.4 Å². The third-order valence-corrected chi connectivity index (χ3v) is 12.0. The van der Waals surface area contributed by atoms with Gasteiger partial charge in [-0.2, -0.15) is 0 Å². The molecular formula is C47H62N10O13. The van der Waals surface area contributed by atoms with Gasteiger partial charge in [0.2, 0.25) is 53.2 Å². The fourth-order valence-corrected chi connectivity index (χ4v) is 8.39. The molecule has 378 valence electrons. The summed E-state index contributed by atoms with van der Waals surface area (Å²) in [7, 11) is 0. The van der Waals surface area contributed by atoms with Crippen molar-refractivity contribution in [2.24, 2.45) is 11.7 Å². The molecule has 3 aromatic rings. The van der Waals surface area contributed by atoms with E-state index < -0.39 is 121 Å². The SMILES string of the molecule is CC(C)CC(NC(=O)C1CCC(=O)N1)C(=O)NC(C(=O)NC(Cc1ccccc1)C(=O)NC(CO)C(=O)N1CCCC1C(=O)NC(CC(=O)O)C(=O)NC(Cc1c[nH]c2ccccc12)C(N)=O)C(C)O. The highest BCUT2D eigenvalue weighted by Gasteiger charge is 2.41. The minimum Gasteiger partial charge on any atom is -0.481 e. The fourth-order valence-electron chi connectivity index (χ4n) is 8.39. The van der Waals surface area contributed by atoms with Gasteiger partial charge in [0.15, 0.2) is 0 Å². The highest BCUT2D eigenvalue weighted by Crippen LogP contribution is 2.21. The van der Waals surface area contributed by atoms with Crippen LogP contribution < -0.4 is 43.0 Å². The van der Waals surface area contributed by atoms with Crippen molar-refractivity contribution >= 4 is 70.0 Å². The highest BCUT2D eigenvalue weighted by molar-refractivity contribution is 5.99. The van der Waals surface area contributed by atoms with E-state index in [1.807, 2.05) is 6.07 Å². The monoisotopic (exact) mass is 974 g/mol. The number of aromatic nitrogens is 1. The Kier molecular flexibility index (Phi) is 18.9. The predicted molar refractivity (Wildman–Crippen MR) is 249 cm³/mol. The topological polar surface area (TPSA) is 361 Å². The smallest absolute Gasteiger partial charge is 0.305 e. The number of amides is 9. The van der Waals surface area contributed by atoms with E-state index in [1.54, 1.807) is 68.6 Å². The number of aliphatic hydroxyl groups is 2. The van der Waals surface area contributed by atoms with Gasteiger partial charge in [0.25, 0.3) is 0 Å². The molecule has 3 heterocycles. The number of hydrogen-bond acceptors (Lipinski definition) is 12. The number of fused-ring (bicyclic) bond motifs is 1. The minimum absolute atomic E-state index is 0.0407. The summed E-state index contributed by atoms with van der Waals surface area (Å²) in [6.07, 6.45) is -0.227. The number of H-pyrrole nitrogens is 1. The fraction of sp³-hybridized carbons (Fsp3) is 0.489. The molecule has 9 unspecified atom stereocenters. The van der Waals surface area contributed by atoms with E-state index in [0.29, 0.717) is 11.1 Å². The van der Waals surface area contributed by atoms with Crippen LogP contribution in [0.3, 0.4) is 0 Å². The summed E-state index contributed by atoms with van der Waals surface area (Å²) in [4.78, 5) is 136. The van der Waals surface area contributed by atoms with E-state index in [-0.39, 0.29) is 63.3 Å². The highest BCUT2D eigenvalue weighted by atomic mass is 16.4. The maximum absolute atomic E-state index is 14.1. The molecule has 0 saturated carbocycles. The average Bonchev–Trinajstić information content (AvgIpc) is 4.09. The summed E-state index contributed by atoms with van der Waals surface area (Å²) < 4.78 is 0. The number of hydrogen-bond donors (Lipinski definition) is 12. The van der Waals surface area contributed by atoms with E-state index in [1.165, 1.54) is 6.92 Å². The average molecular weight is 975 g/mol. The molecule has 9 amide bonds. The molecule has 2 saturated heterocycles. The molecule has 0 aliphatic carbocycles. The zero-order valence-corrected chi connectivity index (χ0v) is 39.1. The lowest BCUT2D eigenvalue weighted by atomic mass is 10.0. The Morgan fingerprint density at radius 3 is 2.00 bits per heavy atom. The quantitative estimate of drug-likeness (QED) is 0.0443. The molecule has 2 fully saturated rings. The van der Waals surface area contributed by atoms with Gasteiger partial charge in [-0.25, -0.2) is 0 Å². The van der Waals surface area contributed by atoms with Crippen LogP contribution in [0, 0.1) is 5.92 Å². The Morgan fingerprint density at radius 1 is 0.743 bits per heavy atom. The molecule has 2 aromatic carbocycles. The third kappa shape index (κ3) is 14.6. The number of carboxylic acids is 1. The lowest BCUT2D eigenvalue weighted by Crippen LogP contribution is -2.62. The number of carbonyl (C=O) groups excluding carboxylic acids is 9. The van der Waals surface area contributed by atoms with Crippen LogP contribution in [-0.2, 0) is 60.8 Å². The molecule has 0 spiro atoms. The third-order valence-electron chi connectivity index (χ3n) is 12.0. The van der Waals surface area contributed by atoms with Gasteiger partial charge >= 0.3 is 5.97 Å². The molecule has 13 N–H and O–H groups in total. The van der Waals surface area contributed by atoms with Gasteiger partial charge in [-0.15, -0.1) is 0 Å². The molecule has 23 nitrogen and oxygen atoms in total. The van der Waals surface area contributed by atoms with Crippen LogP contribution in [-0.4, -0.2) is 152 Å². The van der Waals surface area contributed by atoms with Gasteiger partial charge in [0.05, 0.1) is 19.1 Å². The Bertz CT molecular complexity index is 2410. The first-order chi connectivity index (χ1) is 33.3. The van der Waals surface area contributed by atoms with E-state index in [0.717, 1.165) is 15.8 Å². The Balaban J connectivity index is 1.27. The number of nitrogens with one attached hydrogen (secondary N) is 8. The molecule has 1 aromatic heterocycles. The molecule has 23 heteroatoms. The predicted octanol–water partition coefficient (Wildman–Crippen LogP) is -2.49.